The lowest BCUT2D eigenvalue weighted by molar-refractivity contribution is -0.143. The molecular weight excluding hydrogens is 456 g/mol. The molecule has 0 aliphatic carbocycles. The first-order valence-corrected chi connectivity index (χ1v) is 8.74. The quantitative estimate of drug-likeness (QED) is 0.270. The minimum Gasteiger partial charge on any atom is -0.356 e. The van der Waals surface area contributed by atoms with Crippen LogP contribution in [0.15, 0.2) is 35.3 Å². The van der Waals surface area contributed by atoms with Crippen LogP contribution >= 0.6 is 24.0 Å². The van der Waals surface area contributed by atoms with Gasteiger partial charge in [0.1, 0.15) is 0 Å². The van der Waals surface area contributed by atoms with Gasteiger partial charge in [-0.25, -0.2) is 0 Å². The van der Waals surface area contributed by atoms with Gasteiger partial charge in [-0.3, -0.25) is 9.89 Å². The number of guanidine groups is 1. The second-order valence-corrected chi connectivity index (χ2v) is 6.47. The van der Waals surface area contributed by atoms with Gasteiger partial charge in [-0.05, 0) is 37.3 Å². The van der Waals surface area contributed by atoms with Gasteiger partial charge in [-0.1, -0.05) is 30.3 Å². The first kappa shape index (κ1) is 23.0. The predicted molar refractivity (Wildman–Crippen MR) is 110 cm³/mol. The first-order valence-electron chi connectivity index (χ1n) is 8.74. The summed E-state index contributed by atoms with van der Waals surface area (Å²) < 4.78 is 37.2. The second kappa shape index (κ2) is 11.6. The van der Waals surface area contributed by atoms with Gasteiger partial charge in [0.25, 0.3) is 0 Å². The van der Waals surface area contributed by atoms with Crippen LogP contribution < -0.4 is 10.6 Å². The Bertz CT molecular complexity index is 537. The summed E-state index contributed by atoms with van der Waals surface area (Å²) in [7, 11) is 1.71. The van der Waals surface area contributed by atoms with E-state index in [0.717, 1.165) is 25.8 Å². The Labute approximate surface area is 170 Å². The van der Waals surface area contributed by atoms with E-state index in [9.17, 15) is 13.2 Å². The van der Waals surface area contributed by atoms with E-state index < -0.39 is 12.7 Å². The number of nitrogens with one attached hydrogen (secondary N) is 2. The highest BCUT2D eigenvalue weighted by molar-refractivity contribution is 14.0. The number of benzene rings is 1. The summed E-state index contributed by atoms with van der Waals surface area (Å²) in [4.78, 5) is 5.65. The van der Waals surface area contributed by atoms with Crippen LogP contribution in [0.3, 0.4) is 0 Å². The number of likely N-dealkylation sites (tertiary alicyclic amines) is 1. The van der Waals surface area contributed by atoms with Gasteiger partial charge >= 0.3 is 6.18 Å². The molecule has 2 N–H and O–H groups in total. The summed E-state index contributed by atoms with van der Waals surface area (Å²) in [5.74, 6) is 0.938. The van der Waals surface area contributed by atoms with Crippen molar-refractivity contribution >= 4 is 29.9 Å². The van der Waals surface area contributed by atoms with Gasteiger partial charge < -0.3 is 10.6 Å². The fourth-order valence-electron chi connectivity index (χ4n) is 3.08. The molecule has 1 aromatic rings. The van der Waals surface area contributed by atoms with Crippen LogP contribution in [0, 0.1) is 5.92 Å². The van der Waals surface area contributed by atoms with E-state index in [2.05, 4.69) is 27.8 Å². The molecule has 0 saturated carbocycles. The smallest absolute Gasteiger partial charge is 0.356 e. The fraction of sp³-hybridized carbons (Fsp3) is 0.611. The van der Waals surface area contributed by atoms with E-state index in [1.807, 2.05) is 18.2 Å². The van der Waals surface area contributed by atoms with Crippen molar-refractivity contribution < 1.29 is 13.2 Å². The number of aryl methyl sites for hydroxylation is 1. The van der Waals surface area contributed by atoms with Crippen LogP contribution in [0.2, 0.25) is 0 Å². The third-order valence-electron chi connectivity index (χ3n) is 4.33. The van der Waals surface area contributed by atoms with Crippen LogP contribution in [0.1, 0.15) is 18.4 Å². The van der Waals surface area contributed by atoms with E-state index >= 15 is 0 Å². The molecule has 0 bridgehead atoms. The molecule has 1 aliphatic heterocycles. The minimum atomic E-state index is -4.11. The maximum Gasteiger partial charge on any atom is 0.401 e. The summed E-state index contributed by atoms with van der Waals surface area (Å²) in [5.41, 5.74) is 1.31. The average Bonchev–Trinajstić information content (AvgIpc) is 3.00. The monoisotopic (exact) mass is 484 g/mol. The Morgan fingerprint density at radius 3 is 2.62 bits per heavy atom. The summed E-state index contributed by atoms with van der Waals surface area (Å²) in [5, 5.41) is 6.48. The van der Waals surface area contributed by atoms with Crippen LogP contribution in [0.5, 0.6) is 0 Å². The average molecular weight is 484 g/mol. The zero-order valence-electron chi connectivity index (χ0n) is 15.1. The van der Waals surface area contributed by atoms with Gasteiger partial charge in [0.15, 0.2) is 5.96 Å². The molecule has 1 aliphatic rings. The summed E-state index contributed by atoms with van der Waals surface area (Å²) >= 11 is 0. The van der Waals surface area contributed by atoms with Crippen molar-refractivity contribution in [3.63, 3.8) is 0 Å². The summed E-state index contributed by atoms with van der Waals surface area (Å²) in [6, 6.07) is 10.3. The predicted octanol–water partition coefficient (Wildman–Crippen LogP) is 3.29. The Balaban J connectivity index is 0.00000338. The number of hydrogen-bond acceptors (Lipinski definition) is 2. The van der Waals surface area contributed by atoms with Crippen LogP contribution in [-0.4, -0.2) is 56.8 Å². The van der Waals surface area contributed by atoms with Gasteiger partial charge in [0.05, 0.1) is 6.54 Å². The molecular formula is C18H28F3IN4. The molecule has 0 radical (unpaired) electrons. The lowest BCUT2D eigenvalue weighted by atomic mass is 10.1. The zero-order chi connectivity index (χ0) is 18.1. The summed E-state index contributed by atoms with van der Waals surface area (Å²) in [6.07, 6.45) is -1.33. The van der Waals surface area contributed by atoms with Gasteiger partial charge in [0, 0.05) is 26.7 Å². The van der Waals surface area contributed by atoms with Crippen molar-refractivity contribution in [2.45, 2.75) is 25.4 Å². The van der Waals surface area contributed by atoms with E-state index in [4.69, 9.17) is 0 Å². The highest BCUT2D eigenvalue weighted by Gasteiger charge is 2.34. The SMILES string of the molecule is CN=C(NCCCc1ccccc1)NCC1CCN(CC(F)(F)F)C1.I. The molecule has 0 aromatic heterocycles. The fourth-order valence-corrected chi connectivity index (χ4v) is 3.08. The summed E-state index contributed by atoms with van der Waals surface area (Å²) in [6.45, 7) is 1.63. The molecule has 1 fully saturated rings. The van der Waals surface area contributed by atoms with E-state index in [1.165, 1.54) is 10.5 Å². The zero-order valence-corrected chi connectivity index (χ0v) is 17.4. The van der Waals surface area contributed by atoms with Crippen molar-refractivity contribution in [1.82, 2.24) is 15.5 Å². The molecule has 1 aromatic carbocycles. The van der Waals surface area contributed by atoms with E-state index in [0.29, 0.717) is 25.6 Å². The van der Waals surface area contributed by atoms with Crippen molar-refractivity contribution in [1.29, 1.82) is 0 Å². The molecule has 2 rings (SSSR count). The van der Waals surface area contributed by atoms with Crippen LogP contribution in [0.25, 0.3) is 0 Å². The van der Waals surface area contributed by atoms with Crippen LogP contribution in [-0.2, 0) is 6.42 Å². The molecule has 0 amide bonds. The van der Waals surface area contributed by atoms with Crippen molar-refractivity contribution in [2.24, 2.45) is 10.9 Å². The second-order valence-electron chi connectivity index (χ2n) is 6.47. The number of halogens is 4. The highest BCUT2D eigenvalue weighted by atomic mass is 127. The number of alkyl halides is 3. The molecule has 1 saturated heterocycles. The van der Waals surface area contributed by atoms with Gasteiger partial charge in [-0.15, -0.1) is 24.0 Å². The van der Waals surface area contributed by atoms with Crippen molar-refractivity contribution in [3.05, 3.63) is 35.9 Å². The molecule has 8 heteroatoms. The third-order valence-corrected chi connectivity index (χ3v) is 4.33. The third kappa shape index (κ3) is 9.07. The lowest BCUT2D eigenvalue weighted by Gasteiger charge is -2.18. The molecule has 0 spiro atoms. The normalized spacial score (nSPS) is 18.5. The Hall–Kier alpha value is -1.03. The molecule has 1 unspecified atom stereocenters. The van der Waals surface area contributed by atoms with Crippen molar-refractivity contribution in [3.8, 4) is 0 Å². The van der Waals surface area contributed by atoms with Gasteiger partial charge in [0.2, 0.25) is 0 Å². The molecule has 26 heavy (non-hydrogen) atoms. The largest absolute Gasteiger partial charge is 0.401 e. The Morgan fingerprint density at radius 1 is 1.23 bits per heavy atom. The Kier molecular flexibility index (Phi) is 10.3. The van der Waals surface area contributed by atoms with Gasteiger partial charge in [-0.2, -0.15) is 13.2 Å². The number of hydrogen-bond donors (Lipinski definition) is 2. The first-order chi connectivity index (χ1) is 12.0. The molecule has 4 nitrogen and oxygen atoms in total. The maximum atomic E-state index is 12.4. The maximum absolute atomic E-state index is 12.4. The Morgan fingerprint density at radius 2 is 1.96 bits per heavy atom. The van der Waals surface area contributed by atoms with Crippen LogP contribution in [0.4, 0.5) is 13.2 Å². The number of aliphatic imine (C=N–C) groups is 1. The van der Waals surface area contributed by atoms with Crippen molar-refractivity contribution in [2.75, 3.05) is 39.8 Å². The highest BCUT2D eigenvalue weighted by Crippen LogP contribution is 2.22. The van der Waals surface area contributed by atoms with E-state index in [-0.39, 0.29) is 29.9 Å². The minimum absolute atomic E-state index is 0. The lowest BCUT2D eigenvalue weighted by Crippen LogP contribution is -2.41. The molecule has 1 atom stereocenters. The number of rotatable bonds is 7. The van der Waals surface area contributed by atoms with E-state index in [1.54, 1.807) is 7.05 Å². The number of nitrogens with zero attached hydrogens (tertiary/aromatic N) is 2. The topological polar surface area (TPSA) is 39.7 Å². The standard InChI is InChI=1S/C18H27F3N4.HI/c1-22-17(23-10-5-8-15-6-3-2-4-7-15)24-12-16-9-11-25(13-16)14-18(19,20)21;/h2-4,6-7,16H,5,8-14H2,1H3,(H2,22,23,24);1H. The molecule has 1 heterocycles. The molecule has 148 valence electrons.